The largest absolute Gasteiger partial charge is 0.320 e. The van der Waals surface area contributed by atoms with Crippen LogP contribution in [0.1, 0.15) is 22.0 Å². The van der Waals surface area contributed by atoms with Gasteiger partial charge < -0.3 is 5.73 Å². The summed E-state index contributed by atoms with van der Waals surface area (Å²) < 4.78 is 0. The van der Waals surface area contributed by atoms with Gasteiger partial charge in [0.15, 0.2) is 0 Å². The molecule has 1 unspecified atom stereocenters. The van der Waals surface area contributed by atoms with Crippen molar-refractivity contribution in [2.45, 2.75) is 13.0 Å². The van der Waals surface area contributed by atoms with Crippen molar-refractivity contribution in [3.63, 3.8) is 0 Å². The molecule has 0 aromatic carbocycles. The Morgan fingerprint density at radius 1 is 1.62 bits per heavy atom. The lowest BCUT2D eigenvalue weighted by atomic mass is 10.1. The molecule has 13 heavy (non-hydrogen) atoms. The second kappa shape index (κ2) is 3.32. The molecular formula is C9H11N3S. The molecule has 2 heterocycles. The molecule has 2 rings (SSSR count). The summed E-state index contributed by atoms with van der Waals surface area (Å²) in [5.41, 5.74) is 8.34. The number of nitrogens with zero attached hydrogens (tertiary/aromatic N) is 1. The van der Waals surface area contributed by atoms with Gasteiger partial charge in [0, 0.05) is 16.6 Å². The first-order valence-electron chi connectivity index (χ1n) is 4.07. The van der Waals surface area contributed by atoms with Crippen molar-refractivity contribution >= 4 is 11.3 Å². The Morgan fingerprint density at radius 2 is 2.46 bits per heavy atom. The maximum absolute atomic E-state index is 6.06. The van der Waals surface area contributed by atoms with Crippen molar-refractivity contribution < 1.29 is 0 Å². The van der Waals surface area contributed by atoms with Crippen LogP contribution in [-0.4, -0.2) is 10.2 Å². The Morgan fingerprint density at radius 3 is 3.00 bits per heavy atom. The van der Waals surface area contributed by atoms with Crippen LogP contribution in [0.15, 0.2) is 23.8 Å². The summed E-state index contributed by atoms with van der Waals surface area (Å²) in [7, 11) is 0. The lowest BCUT2D eigenvalue weighted by molar-refractivity contribution is 0.886. The summed E-state index contributed by atoms with van der Waals surface area (Å²) in [6, 6.07) is 2.04. The maximum atomic E-state index is 6.06. The lowest BCUT2D eigenvalue weighted by Crippen LogP contribution is -2.10. The number of aromatic amines is 1. The number of thiophene rings is 1. The van der Waals surface area contributed by atoms with Gasteiger partial charge in [-0.2, -0.15) is 5.10 Å². The number of aryl methyl sites for hydroxylation is 1. The van der Waals surface area contributed by atoms with E-state index in [0.717, 1.165) is 5.56 Å². The average molecular weight is 193 g/mol. The Hall–Kier alpha value is -1.13. The number of hydrogen-bond acceptors (Lipinski definition) is 3. The van der Waals surface area contributed by atoms with Gasteiger partial charge in [-0.3, -0.25) is 5.10 Å². The van der Waals surface area contributed by atoms with Crippen LogP contribution < -0.4 is 5.73 Å². The van der Waals surface area contributed by atoms with E-state index < -0.39 is 0 Å². The number of rotatable bonds is 2. The molecule has 4 heteroatoms. The smallest absolute Gasteiger partial charge is 0.0679 e. The van der Waals surface area contributed by atoms with E-state index in [1.165, 1.54) is 10.4 Å². The number of nitrogens with two attached hydrogens (primary N) is 1. The molecule has 0 radical (unpaired) electrons. The molecule has 0 fully saturated rings. The fourth-order valence-corrected chi connectivity index (χ4v) is 2.24. The van der Waals surface area contributed by atoms with Gasteiger partial charge >= 0.3 is 0 Å². The highest BCUT2D eigenvalue weighted by atomic mass is 32.1. The van der Waals surface area contributed by atoms with E-state index >= 15 is 0 Å². The van der Waals surface area contributed by atoms with Crippen molar-refractivity contribution in [3.8, 4) is 0 Å². The normalized spacial score (nSPS) is 13.1. The van der Waals surface area contributed by atoms with Crippen LogP contribution in [0.5, 0.6) is 0 Å². The molecule has 0 amide bonds. The standard InChI is InChI=1S/C9H11N3S/c1-6-2-3-13-9(6)8(10)7-4-11-12-5-7/h2-5,8H,10H2,1H3,(H,11,12). The van der Waals surface area contributed by atoms with E-state index in [2.05, 4.69) is 28.6 Å². The van der Waals surface area contributed by atoms with Gasteiger partial charge in [0.05, 0.1) is 12.2 Å². The highest BCUT2D eigenvalue weighted by Gasteiger charge is 2.12. The molecule has 0 bridgehead atoms. The fourth-order valence-electron chi connectivity index (χ4n) is 1.29. The number of H-pyrrole nitrogens is 1. The zero-order valence-electron chi connectivity index (χ0n) is 7.32. The molecule has 0 saturated heterocycles. The molecule has 0 saturated carbocycles. The predicted octanol–water partition coefficient (Wildman–Crippen LogP) is 1.83. The quantitative estimate of drug-likeness (QED) is 0.764. The van der Waals surface area contributed by atoms with Crippen LogP contribution in [0.25, 0.3) is 0 Å². The van der Waals surface area contributed by atoms with Crippen molar-refractivity contribution in [2.75, 3.05) is 0 Å². The maximum Gasteiger partial charge on any atom is 0.0679 e. The van der Waals surface area contributed by atoms with E-state index in [4.69, 9.17) is 5.73 Å². The third-order valence-electron chi connectivity index (χ3n) is 2.06. The average Bonchev–Trinajstić information content (AvgIpc) is 2.72. The van der Waals surface area contributed by atoms with E-state index in [1.807, 2.05) is 6.20 Å². The first-order chi connectivity index (χ1) is 6.29. The second-order valence-corrected chi connectivity index (χ2v) is 3.92. The third-order valence-corrected chi connectivity index (χ3v) is 3.16. The molecule has 2 aromatic heterocycles. The zero-order valence-corrected chi connectivity index (χ0v) is 8.14. The molecule has 0 aliphatic rings. The minimum atomic E-state index is -0.0428. The van der Waals surface area contributed by atoms with Gasteiger partial charge in [-0.1, -0.05) is 0 Å². The topological polar surface area (TPSA) is 54.7 Å². The van der Waals surface area contributed by atoms with Crippen molar-refractivity contribution in [3.05, 3.63) is 39.8 Å². The lowest BCUT2D eigenvalue weighted by Gasteiger charge is -2.07. The van der Waals surface area contributed by atoms with Crippen LogP contribution >= 0.6 is 11.3 Å². The fraction of sp³-hybridized carbons (Fsp3) is 0.222. The summed E-state index contributed by atoms with van der Waals surface area (Å²) in [5, 5.41) is 8.71. The molecule has 68 valence electrons. The number of hydrogen-bond donors (Lipinski definition) is 2. The van der Waals surface area contributed by atoms with E-state index in [9.17, 15) is 0 Å². The highest BCUT2D eigenvalue weighted by molar-refractivity contribution is 7.10. The van der Waals surface area contributed by atoms with Crippen molar-refractivity contribution in [2.24, 2.45) is 5.73 Å². The summed E-state index contributed by atoms with van der Waals surface area (Å²) in [6.07, 6.45) is 3.60. The highest BCUT2D eigenvalue weighted by Crippen LogP contribution is 2.26. The molecule has 2 aromatic rings. The Kier molecular flexibility index (Phi) is 2.16. The summed E-state index contributed by atoms with van der Waals surface area (Å²) in [5.74, 6) is 0. The molecule has 0 spiro atoms. The van der Waals surface area contributed by atoms with Gasteiger partial charge in [0.25, 0.3) is 0 Å². The summed E-state index contributed by atoms with van der Waals surface area (Å²) >= 11 is 1.69. The Balaban J connectivity index is 2.33. The van der Waals surface area contributed by atoms with Crippen molar-refractivity contribution in [1.82, 2.24) is 10.2 Å². The summed E-state index contributed by atoms with van der Waals surface area (Å²) in [4.78, 5) is 1.21. The summed E-state index contributed by atoms with van der Waals surface area (Å²) in [6.45, 7) is 2.08. The Labute approximate surface area is 80.6 Å². The van der Waals surface area contributed by atoms with Gasteiger partial charge in [-0.15, -0.1) is 11.3 Å². The minimum Gasteiger partial charge on any atom is -0.320 e. The molecule has 0 aliphatic carbocycles. The predicted molar refractivity (Wildman–Crippen MR) is 53.7 cm³/mol. The second-order valence-electron chi connectivity index (χ2n) is 2.98. The van der Waals surface area contributed by atoms with Gasteiger partial charge in [-0.05, 0) is 23.9 Å². The molecule has 0 aliphatic heterocycles. The first-order valence-corrected chi connectivity index (χ1v) is 4.95. The monoisotopic (exact) mass is 193 g/mol. The SMILES string of the molecule is Cc1ccsc1C(N)c1cn[nH]c1. The molecule has 3 N–H and O–H groups in total. The van der Waals surface area contributed by atoms with Crippen LogP contribution in [-0.2, 0) is 0 Å². The Bertz CT molecular complexity index is 377. The van der Waals surface area contributed by atoms with E-state index in [1.54, 1.807) is 17.5 Å². The molecule has 3 nitrogen and oxygen atoms in total. The third kappa shape index (κ3) is 1.50. The number of nitrogens with one attached hydrogen (secondary N) is 1. The van der Waals surface area contributed by atoms with Gasteiger partial charge in [-0.25, -0.2) is 0 Å². The van der Waals surface area contributed by atoms with Gasteiger partial charge in [0.1, 0.15) is 0 Å². The van der Waals surface area contributed by atoms with Crippen LogP contribution in [0.4, 0.5) is 0 Å². The van der Waals surface area contributed by atoms with Gasteiger partial charge in [0.2, 0.25) is 0 Å². The first kappa shape index (κ1) is 8.47. The molecule has 1 atom stereocenters. The molecular weight excluding hydrogens is 182 g/mol. The minimum absolute atomic E-state index is 0.0428. The van der Waals surface area contributed by atoms with E-state index in [-0.39, 0.29) is 6.04 Å². The van der Waals surface area contributed by atoms with E-state index in [0.29, 0.717) is 0 Å². The van der Waals surface area contributed by atoms with Crippen LogP contribution in [0.3, 0.4) is 0 Å². The van der Waals surface area contributed by atoms with Crippen LogP contribution in [0.2, 0.25) is 0 Å². The zero-order chi connectivity index (χ0) is 9.26. The van der Waals surface area contributed by atoms with Crippen molar-refractivity contribution in [1.29, 1.82) is 0 Å². The number of aromatic nitrogens is 2. The van der Waals surface area contributed by atoms with Crippen LogP contribution in [0, 0.1) is 6.92 Å².